The summed E-state index contributed by atoms with van der Waals surface area (Å²) in [6.45, 7) is 0.208. The molecule has 3 N–H and O–H groups in total. The van der Waals surface area contributed by atoms with Gasteiger partial charge in [-0.25, -0.2) is 4.98 Å². The number of nitrogens with one attached hydrogen (secondary N) is 1. The highest BCUT2D eigenvalue weighted by molar-refractivity contribution is 6.30. The molecule has 4 rings (SSSR count). The van der Waals surface area contributed by atoms with Crippen molar-refractivity contribution < 1.29 is 24.6 Å². The normalized spacial score (nSPS) is 16.1. The van der Waals surface area contributed by atoms with E-state index in [2.05, 4.69) is 9.97 Å². The van der Waals surface area contributed by atoms with Gasteiger partial charge < -0.3 is 29.6 Å². The molecule has 1 aliphatic carbocycles. The van der Waals surface area contributed by atoms with Crippen molar-refractivity contribution in [3.63, 3.8) is 0 Å². The van der Waals surface area contributed by atoms with E-state index in [1.54, 1.807) is 36.7 Å². The molecule has 10 nitrogen and oxygen atoms in total. The van der Waals surface area contributed by atoms with E-state index in [1.165, 1.54) is 32.4 Å². The number of phenols is 1. The SMILES string of the molecule is COC(OC)C1([C@H](O)[C@H](c2cc([N+](=O)[O-])ccc2O)N(Cc2ncc[nH]2)c2ccc(Cl)cc2)CC1. The first-order valence-corrected chi connectivity index (χ1v) is 11.4. The van der Waals surface area contributed by atoms with E-state index < -0.39 is 28.8 Å². The summed E-state index contributed by atoms with van der Waals surface area (Å²) in [5.74, 6) is 0.419. The van der Waals surface area contributed by atoms with Crippen LogP contribution in [0, 0.1) is 15.5 Å². The number of benzene rings is 2. The van der Waals surface area contributed by atoms with Crippen molar-refractivity contribution in [2.75, 3.05) is 19.1 Å². The zero-order valence-electron chi connectivity index (χ0n) is 19.3. The molecule has 1 aliphatic rings. The number of imidazole rings is 1. The Bertz CT molecular complexity index is 1150. The van der Waals surface area contributed by atoms with E-state index in [0.717, 1.165) is 0 Å². The van der Waals surface area contributed by atoms with E-state index in [4.69, 9.17) is 21.1 Å². The Hall–Kier alpha value is -3.18. The highest BCUT2D eigenvalue weighted by Crippen LogP contribution is 2.57. The summed E-state index contributed by atoms with van der Waals surface area (Å²) in [4.78, 5) is 20.3. The monoisotopic (exact) mass is 502 g/mol. The number of nitro benzene ring substituents is 1. The van der Waals surface area contributed by atoms with Crippen molar-refractivity contribution in [1.82, 2.24) is 9.97 Å². The first-order chi connectivity index (χ1) is 16.8. The number of non-ortho nitro benzene ring substituents is 1. The Kier molecular flexibility index (Phi) is 7.27. The van der Waals surface area contributed by atoms with Crippen LogP contribution in [-0.4, -0.2) is 51.7 Å². The topological polar surface area (TPSA) is 134 Å². The lowest BCUT2D eigenvalue weighted by atomic mass is 9.86. The van der Waals surface area contributed by atoms with Crippen molar-refractivity contribution in [2.24, 2.45) is 5.41 Å². The Morgan fingerprint density at radius 2 is 1.91 bits per heavy atom. The quantitative estimate of drug-likeness (QED) is 0.202. The fourth-order valence-electron chi connectivity index (χ4n) is 4.62. The van der Waals surface area contributed by atoms with Gasteiger partial charge in [0.05, 0.1) is 23.6 Å². The predicted molar refractivity (Wildman–Crippen MR) is 129 cm³/mol. The van der Waals surface area contributed by atoms with Crippen LogP contribution >= 0.6 is 11.6 Å². The first kappa shape index (κ1) is 24.9. The third-order valence-corrected chi connectivity index (χ3v) is 6.77. The number of H-pyrrole nitrogens is 1. The zero-order chi connectivity index (χ0) is 25.2. The lowest BCUT2D eigenvalue weighted by molar-refractivity contribution is -0.385. The summed E-state index contributed by atoms with van der Waals surface area (Å²) in [6.07, 6.45) is 2.67. The third-order valence-electron chi connectivity index (χ3n) is 6.52. The molecule has 1 heterocycles. The van der Waals surface area contributed by atoms with E-state index in [-0.39, 0.29) is 23.5 Å². The number of methoxy groups -OCH3 is 2. The largest absolute Gasteiger partial charge is 0.508 e. The maximum atomic E-state index is 11.9. The second-order valence-corrected chi connectivity index (χ2v) is 9.00. The molecule has 0 radical (unpaired) electrons. The van der Waals surface area contributed by atoms with E-state index in [9.17, 15) is 20.3 Å². The minimum Gasteiger partial charge on any atom is -0.508 e. The number of ether oxygens (including phenoxy) is 2. The molecule has 3 aromatic rings. The molecule has 186 valence electrons. The molecule has 2 atom stereocenters. The number of hydrogen-bond acceptors (Lipinski definition) is 8. The van der Waals surface area contributed by atoms with Crippen LogP contribution in [-0.2, 0) is 16.0 Å². The lowest BCUT2D eigenvalue weighted by Gasteiger charge is -2.41. The molecule has 0 saturated heterocycles. The van der Waals surface area contributed by atoms with Gasteiger partial charge in [0.2, 0.25) is 0 Å². The number of aliphatic hydroxyl groups is 1. The smallest absolute Gasteiger partial charge is 0.270 e. The van der Waals surface area contributed by atoms with Gasteiger partial charge in [0.1, 0.15) is 11.6 Å². The molecule has 35 heavy (non-hydrogen) atoms. The molecule has 2 aromatic carbocycles. The fourth-order valence-corrected chi connectivity index (χ4v) is 4.75. The van der Waals surface area contributed by atoms with Gasteiger partial charge in [0, 0.05) is 60.4 Å². The fraction of sp³-hybridized carbons (Fsp3) is 0.375. The van der Waals surface area contributed by atoms with Crippen molar-refractivity contribution in [3.8, 4) is 5.75 Å². The van der Waals surface area contributed by atoms with Crippen LogP contribution < -0.4 is 4.90 Å². The van der Waals surface area contributed by atoms with Gasteiger partial charge in [0.15, 0.2) is 6.29 Å². The van der Waals surface area contributed by atoms with Crippen molar-refractivity contribution in [2.45, 2.75) is 37.8 Å². The van der Waals surface area contributed by atoms with Gasteiger partial charge >= 0.3 is 0 Å². The van der Waals surface area contributed by atoms with Crippen LogP contribution in [0.2, 0.25) is 5.02 Å². The van der Waals surface area contributed by atoms with Crippen LogP contribution in [0.3, 0.4) is 0 Å². The number of halogens is 1. The average molecular weight is 503 g/mol. The molecule has 1 saturated carbocycles. The Labute approximate surface area is 207 Å². The molecular weight excluding hydrogens is 476 g/mol. The second kappa shape index (κ2) is 10.2. The summed E-state index contributed by atoms with van der Waals surface area (Å²) in [5.41, 5.74) is -0.115. The molecule has 0 unspecified atom stereocenters. The molecule has 1 aromatic heterocycles. The highest BCUT2D eigenvalue weighted by atomic mass is 35.5. The van der Waals surface area contributed by atoms with Crippen molar-refractivity contribution in [3.05, 3.63) is 81.4 Å². The third kappa shape index (κ3) is 4.96. The van der Waals surface area contributed by atoms with Gasteiger partial charge in [-0.05, 0) is 43.2 Å². The first-order valence-electron chi connectivity index (χ1n) is 11.0. The molecule has 11 heteroatoms. The average Bonchev–Trinajstić information content (AvgIpc) is 3.48. The maximum absolute atomic E-state index is 11.9. The summed E-state index contributed by atoms with van der Waals surface area (Å²) in [7, 11) is 3.00. The van der Waals surface area contributed by atoms with Gasteiger partial charge in [0.25, 0.3) is 5.69 Å². The number of hydrogen-bond donors (Lipinski definition) is 3. The summed E-state index contributed by atoms with van der Waals surface area (Å²) in [6, 6.07) is 9.85. The van der Waals surface area contributed by atoms with Gasteiger partial charge in [-0.1, -0.05) is 11.6 Å². The number of aromatic amines is 1. The van der Waals surface area contributed by atoms with Crippen LogP contribution in [0.4, 0.5) is 11.4 Å². The van der Waals surface area contributed by atoms with Gasteiger partial charge in [-0.2, -0.15) is 0 Å². The van der Waals surface area contributed by atoms with Crippen LogP contribution in [0.15, 0.2) is 54.9 Å². The van der Waals surface area contributed by atoms with Crippen molar-refractivity contribution >= 4 is 23.0 Å². The highest BCUT2D eigenvalue weighted by Gasteiger charge is 2.59. The number of aromatic nitrogens is 2. The lowest BCUT2D eigenvalue weighted by Crippen LogP contribution is -2.46. The van der Waals surface area contributed by atoms with Crippen LogP contribution in [0.5, 0.6) is 5.75 Å². The summed E-state index contributed by atoms with van der Waals surface area (Å²) in [5, 5.41) is 34.9. The number of rotatable bonds is 11. The standard InChI is InChI=1S/C24H27ClN4O6/c1-34-23(35-2)24(9-10-24)22(31)21(18-13-17(29(32)33)7-8-19(18)30)28(14-20-26-11-12-27-20)16-5-3-15(25)4-6-16/h3-8,11-13,21-23,30-31H,9-10,14H2,1-2H3,(H,26,27)/t21-,22+/m0/s1. The van der Waals surface area contributed by atoms with E-state index in [1.807, 2.05) is 4.90 Å². The molecule has 0 spiro atoms. The molecule has 1 fully saturated rings. The van der Waals surface area contributed by atoms with Gasteiger partial charge in [-0.3, -0.25) is 10.1 Å². The number of nitrogens with zero attached hydrogens (tertiary/aromatic N) is 3. The maximum Gasteiger partial charge on any atom is 0.270 e. The Morgan fingerprint density at radius 3 is 2.46 bits per heavy atom. The zero-order valence-corrected chi connectivity index (χ0v) is 20.1. The summed E-state index contributed by atoms with van der Waals surface area (Å²) < 4.78 is 11.1. The number of nitro groups is 1. The number of anilines is 1. The van der Waals surface area contributed by atoms with E-state index in [0.29, 0.717) is 29.4 Å². The second-order valence-electron chi connectivity index (χ2n) is 8.57. The Morgan fingerprint density at radius 1 is 1.23 bits per heavy atom. The van der Waals surface area contributed by atoms with Crippen LogP contribution in [0.1, 0.15) is 30.3 Å². The molecule has 0 bridgehead atoms. The van der Waals surface area contributed by atoms with Crippen LogP contribution in [0.25, 0.3) is 0 Å². The van der Waals surface area contributed by atoms with Gasteiger partial charge in [-0.15, -0.1) is 0 Å². The van der Waals surface area contributed by atoms with E-state index >= 15 is 0 Å². The van der Waals surface area contributed by atoms with Crippen molar-refractivity contribution in [1.29, 1.82) is 0 Å². The molecular formula is C24H27ClN4O6. The number of aliphatic hydroxyl groups excluding tert-OH is 1. The Balaban J connectivity index is 1.90. The molecule has 0 amide bonds. The molecule has 0 aliphatic heterocycles. The minimum absolute atomic E-state index is 0.180. The minimum atomic E-state index is -1.13. The number of aromatic hydroxyl groups is 1. The summed E-state index contributed by atoms with van der Waals surface area (Å²) >= 11 is 6.13. The predicted octanol–water partition coefficient (Wildman–Crippen LogP) is 4.18. The number of phenolic OH excluding ortho intramolecular Hbond substituents is 1.